The van der Waals surface area contributed by atoms with E-state index in [1.807, 2.05) is 0 Å². The summed E-state index contributed by atoms with van der Waals surface area (Å²) >= 11 is 0. The number of hydrogen-bond donors (Lipinski definition) is 1. The van der Waals surface area contributed by atoms with Crippen LogP contribution in [0.4, 0.5) is 5.82 Å². The average molecular weight is 235 g/mol. The molecule has 1 aromatic heterocycles. The van der Waals surface area contributed by atoms with Crippen molar-refractivity contribution in [3.05, 3.63) is 23.9 Å². The molecular formula is C13H21N3O. The molecule has 0 spiro atoms. The Balaban J connectivity index is 2.08. The molecule has 4 nitrogen and oxygen atoms in total. The molecule has 2 rings (SSSR count). The quantitative estimate of drug-likeness (QED) is 0.856. The van der Waals surface area contributed by atoms with Gasteiger partial charge in [-0.05, 0) is 25.6 Å². The van der Waals surface area contributed by atoms with E-state index in [0.717, 1.165) is 44.4 Å². The zero-order chi connectivity index (χ0) is 12.1. The Hall–Kier alpha value is -1.13. The average Bonchev–Trinajstić information content (AvgIpc) is 2.37. The van der Waals surface area contributed by atoms with Crippen molar-refractivity contribution in [2.24, 2.45) is 0 Å². The lowest BCUT2D eigenvalue weighted by molar-refractivity contribution is 0.0985. The van der Waals surface area contributed by atoms with Gasteiger partial charge >= 0.3 is 0 Å². The van der Waals surface area contributed by atoms with E-state index in [1.165, 1.54) is 0 Å². The van der Waals surface area contributed by atoms with Crippen LogP contribution in [0.1, 0.15) is 19.5 Å². The van der Waals surface area contributed by atoms with Crippen molar-refractivity contribution < 1.29 is 4.74 Å². The zero-order valence-corrected chi connectivity index (χ0v) is 10.6. The second kappa shape index (κ2) is 5.98. The smallest absolute Gasteiger partial charge is 0.129 e. The number of aromatic nitrogens is 1. The highest BCUT2D eigenvalue weighted by atomic mass is 16.5. The van der Waals surface area contributed by atoms with Crippen LogP contribution >= 0.6 is 0 Å². The zero-order valence-electron chi connectivity index (χ0n) is 10.6. The van der Waals surface area contributed by atoms with Crippen molar-refractivity contribution >= 4 is 5.82 Å². The van der Waals surface area contributed by atoms with Gasteiger partial charge in [0, 0.05) is 13.1 Å². The Morgan fingerprint density at radius 2 is 2.41 bits per heavy atom. The highest BCUT2D eigenvalue weighted by Gasteiger charge is 2.19. The number of nitrogens with zero attached hydrogens (tertiary/aromatic N) is 2. The van der Waals surface area contributed by atoms with Crippen LogP contribution in [0.25, 0.3) is 0 Å². The molecule has 2 heterocycles. The maximum absolute atomic E-state index is 5.45. The molecule has 1 atom stereocenters. The molecule has 1 aliphatic heterocycles. The molecule has 17 heavy (non-hydrogen) atoms. The van der Waals surface area contributed by atoms with Gasteiger partial charge in [0.25, 0.3) is 0 Å². The molecule has 1 unspecified atom stereocenters. The van der Waals surface area contributed by atoms with Gasteiger partial charge in [-0.1, -0.05) is 13.0 Å². The third-order valence-corrected chi connectivity index (χ3v) is 3.01. The van der Waals surface area contributed by atoms with E-state index >= 15 is 0 Å². The third-order valence-electron chi connectivity index (χ3n) is 3.01. The standard InChI is InChI=1S/C13H21N3O/c1-3-14-9-12-5-4-6-13(15-12)16-7-8-17-10-11(16)2/h4-6,11,14H,3,7-10H2,1-2H3. The van der Waals surface area contributed by atoms with Gasteiger partial charge in [-0.25, -0.2) is 4.98 Å². The number of nitrogens with one attached hydrogen (secondary N) is 1. The van der Waals surface area contributed by atoms with Gasteiger partial charge in [0.2, 0.25) is 0 Å². The fraction of sp³-hybridized carbons (Fsp3) is 0.615. The van der Waals surface area contributed by atoms with Gasteiger partial charge in [0.15, 0.2) is 0 Å². The number of morpholine rings is 1. The van der Waals surface area contributed by atoms with Crippen LogP contribution in [0.5, 0.6) is 0 Å². The largest absolute Gasteiger partial charge is 0.377 e. The van der Waals surface area contributed by atoms with Gasteiger partial charge in [-0.3, -0.25) is 0 Å². The number of anilines is 1. The van der Waals surface area contributed by atoms with Crippen molar-refractivity contribution in [3.8, 4) is 0 Å². The monoisotopic (exact) mass is 235 g/mol. The summed E-state index contributed by atoms with van der Waals surface area (Å²) in [6.45, 7) is 8.61. The molecule has 0 aliphatic carbocycles. The molecule has 1 aliphatic rings. The summed E-state index contributed by atoms with van der Waals surface area (Å²) < 4.78 is 5.45. The Bertz CT molecular complexity index is 356. The van der Waals surface area contributed by atoms with E-state index in [0.29, 0.717) is 6.04 Å². The lowest BCUT2D eigenvalue weighted by Crippen LogP contribution is -2.44. The van der Waals surface area contributed by atoms with E-state index < -0.39 is 0 Å². The second-order valence-electron chi connectivity index (χ2n) is 4.38. The van der Waals surface area contributed by atoms with Gasteiger partial charge in [0.1, 0.15) is 5.82 Å². The Kier molecular flexibility index (Phi) is 4.34. The fourth-order valence-electron chi connectivity index (χ4n) is 2.05. The third kappa shape index (κ3) is 3.17. The van der Waals surface area contributed by atoms with E-state index in [-0.39, 0.29) is 0 Å². The van der Waals surface area contributed by atoms with Gasteiger partial charge in [-0.15, -0.1) is 0 Å². The predicted molar refractivity (Wildman–Crippen MR) is 69.2 cm³/mol. The Morgan fingerprint density at radius 1 is 1.53 bits per heavy atom. The Labute approximate surface area is 103 Å². The van der Waals surface area contributed by atoms with Gasteiger partial charge < -0.3 is 15.0 Å². The summed E-state index contributed by atoms with van der Waals surface area (Å²) in [5.74, 6) is 1.07. The molecular weight excluding hydrogens is 214 g/mol. The van der Waals surface area contributed by atoms with Crippen LogP contribution in [0.3, 0.4) is 0 Å². The first-order valence-corrected chi connectivity index (χ1v) is 6.32. The highest BCUT2D eigenvalue weighted by Crippen LogP contribution is 2.17. The summed E-state index contributed by atoms with van der Waals surface area (Å²) in [7, 11) is 0. The van der Waals surface area contributed by atoms with Crippen molar-refractivity contribution in [2.45, 2.75) is 26.4 Å². The summed E-state index contributed by atoms with van der Waals surface area (Å²) in [6, 6.07) is 6.64. The summed E-state index contributed by atoms with van der Waals surface area (Å²) in [4.78, 5) is 7.01. The van der Waals surface area contributed by atoms with Crippen LogP contribution in [0, 0.1) is 0 Å². The minimum absolute atomic E-state index is 0.408. The maximum atomic E-state index is 5.45. The van der Waals surface area contributed by atoms with E-state index in [9.17, 15) is 0 Å². The summed E-state index contributed by atoms with van der Waals surface area (Å²) in [5.41, 5.74) is 1.10. The molecule has 94 valence electrons. The maximum Gasteiger partial charge on any atom is 0.129 e. The molecule has 0 bridgehead atoms. The van der Waals surface area contributed by atoms with E-state index in [4.69, 9.17) is 9.72 Å². The molecule has 1 fully saturated rings. The van der Waals surface area contributed by atoms with E-state index in [1.54, 1.807) is 0 Å². The Morgan fingerprint density at radius 3 is 3.18 bits per heavy atom. The van der Waals surface area contributed by atoms with Crippen LogP contribution in [0.15, 0.2) is 18.2 Å². The first-order chi connectivity index (χ1) is 8.31. The number of rotatable bonds is 4. The molecule has 1 aromatic rings. The van der Waals surface area contributed by atoms with Crippen molar-refractivity contribution in [2.75, 3.05) is 31.2 Å². The molecule has 0 saturated carbocycles. The lowest BCUT2D eigenvalue weighted by Gasteiger charge is -2.34. The topological polar surface area (TPSA) is 37.4 Å². The van der Waals surface area contributed by atoms with Crippen molar-refractivity contribution in [3.63, 3.8) is 0 Å². The summed E-state index contributed by atoms with van der Waals surface area (Å²) in [5, 5.41) is 3.30. The minimum Gasteiger partial charge on any atom is -0.377 e. The van der Waals surface area contributed by atoms with Crippen LogP contribution in [-0.2, 0) is 11.3 Å². The molecule has 1 saturated heterocycles. The normalized spacial score (nSPS) is 20.6. The van der Waals surface area contributed by atoms with Gasteiger partial charge in [0.05, 0.1) is 24.9 Å². The molecule has 1 N–H and O–H groups in total. The van der Waals surface area contributed by atoms with E-state index in [2.05, 4.69) is 42.3 Å². The fourth-order valence-corrected chi connectivity index (χ4v) is 2.05. The predicted octanol–water partition coefficient (Wildman–Crippen LogP) is 1.42. The van der Waals surface area contributed by atoms with Crippen LogP contribution in [-0.4, -0.2) is 37.3 Å². The van der Waals surface area contributed by atoms with Crippen molar-refractivity contribution in [1.29, 1.82) is 0 Å². The molecule has 0 aromatic carbocycles. The number of ether oxygens (including phenoxy) is 1. The molecule has 0 amide bonds. The van der Waals surface area contributed by atoms with Crippen LogP contribution < -0.4 is 10.2 Å². The van der Waals surface area contributed by atoms with Crippen LogP contribution in [0.2, 0.25) is 0 Å². The second-order valence-corrected chi connectivity index (χ2v) is 4.38. The first-order valence-electron chi connectivity index (χ1n) is 6.32. The van der Waals surface area contributed by atoms with Gasteiger partial charge in [-0.2, -0.15) is 0 Å². The molecule has 4 heteroatoms. The number of pyridine rings is 1. The lowest BCUT2D eigenvalue weighted by atomic mass is 10.2. The number of hydrogen-bond acceptors (Lipinski definition) is 4. The molecule has 0 radical (unpaired) electrons. The summed E-state index contributed by atoms with van der Waals surface area (Å²) in [6.07, 6.45) is 0. The first kappa shape index (κ1) is 12.3. The highest BCUT2D eigenvalue weighted by molar-refractivity contribution is 5.40. The SMILES string of the molecule is CCNCc1cccc(N2CCOCC2C)n1. The minimum atomic E-state index is 0.408. The van der Waals surface area contributed by atoms with Crippen molar-refractivity contribution in [1.82, 2.24) is 10.3 Å².